The lowest BCUT2D eigenvalue weighted by atomic mass is 10.1. The van der Waals surface area contributed by atoms with Gasteiger partial charge in [0.1, 0.15) is 18.2 Å². The zero-order valence-corrected chi connectivity index (χ0v) is 15.9. The molecular formula is C20H24N6O2. The van der Waals surface area contributed by atoms with Crippen LogP contribution in [0.4, 0.5) is 5.82 Å². The van der Waals surface area contributed by atoms with Crippen LogP contribution in [0.3, 0.4) is 0 Å². The number of hydrazine groups is 1. The van der Waals surface area contributed by atoms with E-state index in [1.54, 1.807) is 4.90 Å². The molecule has 1 aromatic carbocycles. The summed E-state index contributed by atoms with van der Waals surface area (Å²) in [6.45, 7) is 2.83. The molecule has 8 heteroatoms. The summed E-state index contributed by atoms with van der Waals surface area (Å²) in [6, 6.07) is 9.63. The van der Waals surface area contributed by atoms with Crippen molar-refractivity contribution in [2.24, 2.45) is 4.99 Å². The average molecular weight is 380 g/mol. The number of amidine groups is 1. The second kappa shape index (κ2) is 6.85. The molecule has 28 heavy (non-hydrogen) atoms. The molecule has 1 aromatic heterocycles. The molecule has 1 amide bonds. The zero-order valence-electron chi connectivity index (χ0n) is 15.9. The van der Waals surface area contributed by atoms with Crippen LogP contribution in [0.2, 0.25) is 0 Å². The Morgan fingerprint density at radius 1 is 1.21 bits per heavy atom. The van der Waals surface area contributed by atoms with E-state index in [-0.39, 0.29) is 5.91 Å². The molecule has 1 saturated carbocycles. The van der Waals surface area contributed by atoms with E-state index in [9.17, 15) is 4.79 Å². The standard InChI is InChI=1S/C20H24N6O2/c1-2-25-19(27)16-18(23-17(22-16)13-8-6-7-9-13)26-20(25)21-15(24-26)12-28-14-10-4-3-5-11-14/h3-5,10-11,13,20H,2,6-9,12H2,1H3,(H,21,24)(H,22,23). The van der Waals surface area contributed by atoms with Gasteiger partial charge >= 0.3 is 0 Å². The minimum Gasteiger partial charge on any atom is -0.486 e. The van der Waals surface area contributed by atoms with Crippen molar-refractivity contribution >= 4 is 17.6 Å². The zero-order chi connectivity index (χ0) is 19.1. The number of nitrogens with one attached hydrogen (secondary N) is 2. The van der Waals surface area contributed by atoms with Gasteiger partial charge in [-0.3, -0.25) is 15.1 Å². The number of carbonyl (C=O) groups excluding carboxylic acids is 1. The number of H-pyrrole nitrogens is 1. The Labute approximate surface area is 163 Å². The Hall–Kier alpha value is -3.03. The smallest absolute Gasteiger partial charge is 0.277 e. The van der Waals surface area contributed by atoms with E-state index in [0.29, 0.717) is 36.4 Å². The summed E-state index contributed by atoms with van der Waals surface area (Å²) in [7, 11) is 0. The molecule has 146 valence electrons. The number of hydrogen-bond donors (Lipinski definition) is 2. The molecule has 8 nitrogen and oxygen atoms in total. The highest BCUT2D eigenvalue weighted by molar-refractivity contribution is 6.01. The van der Waals surface area contributed by atoms with Crippen LogP contribution < -0.4 is 15.2 Å². The Bertz CT molecular complexity index is 903. The number of aromatic nitrogens is 2. The number of amides is 1. The van der Waals surface area contributed by atoms with E-state index >= 15 is 0 Å². The Morgan fingerprint density at radius 3 is 2.75 bits per heavy atom. The molecule has 3 aliphatic rings. The third-order valence-electron chi connectivity index (χ3n) is 5.64. The molecule has 2 aromatic rings. The van der Waals surface area contributed by atoms with Crippen LogP contribution in [0.25, 0.3) is 0 Å². The first-order chi connectivity index (χ1) is 13.7. The van der Waals surface area contributed by atoms with Gasteiger partial charge in [-0.25, -0.2) is 15.0 Å². The van der Waals surface area contributed by atoms with Crippen molar-refractivity contribution in [3.63, 3.8) is 0 Å². The molecular weight excluding hydrogens is 356 g/mol. The molecule has 5 rings (SSSR count). The van der Waals surface area contributed by atoms with Crippen molar-refractivity contribution in [1.82, 2.24) is 20.3 Å². The lowest BCUT2D eigenvalue weighted by Gasteiger charge is -2.36. The van der Waals surface area contributed by atoms with Gasteiger partial charge in [0.25, 0.3) is 5.91 Å². The monoisotopic (exact) mass is 380 g/mol. The van der Waals surface area contributed by atoms with Crippen LogP contribution in [0.5, 0.6) is 5.75 Å². The second-order valence-electron chi connectivity index (χ2n) is 7.40. The first-order valence-corrected chi connectivity index (χ1v) is 9.96. The summed E-state index contributed by atoms with van der Waals surface area (Å²) in [5, 5.41) is 1.87. The predicted molar refractivity (Wildman–Crippen MR) is 105 cm³/mol. The highest BCUT2D eigenvalue weighted by Crippen LogP contribution is 2.37. The minimum absolute atomic E-state index is 0.0497. The average Bonchev–Trinajstić information content (AvgIpc) is 3.46. The first kappa shape index (κ1) is 17.1. The summed E-state index contributed by atoms with van der Waals surface area (Å²) in [6.07, 6.45) is 4.27. The Morgan fingerprint density at radius 2 is 2.00 bits per heavy atom. The molecule has 0 saturated heterocycles. The van der Waals surface area contributed by atoms with E-state index in [2.05, 4.69) is 10.4 Å². The molecule has 3 heterocycles. The number of imidazole rings is 1. The molecule has 1 atom stereocenters. The number of para-hydroxylation sites is 1. The van der Waals surface area contributed by atoms with Gasteiger partial charge in [-0.2, -0.15) is 0 Å². The quantitative estimate of drug-likeness (QED) is 0.833. The maximum absolute atomic E-state index is 13.0. The normalized spacial score (nSPS) is 21.4. The number of nitrogens with zero attached hydrogens (tertiary/aromatic N) is 4. The highest BCUT2D eigenvalue weighted by atomic mass is 16.5. The molecule has 2 aliphatic heterocycles. The van der Waals surface area contributed by atoms with Crippen LogP contribution in [0, 0.1) is 0 Å². The maximum atomic E-state index is 13.0. The van der Waals surface area contributed by atoms with E-state index < -0.39 is 6.29 Å². The molecule has 1 aliphatic carbocycles. The number of hydrogen-bond acceptors (Lipinski definition) is 6. The number of aliphatic imine (C=N–C) groups is 1. The molecule has 0 spiro atoms. The first-order valence-electron chi connectivity index (χ1n) is 9.96. The van der Waals surface area contributed by atoms with E-state index in [4.69, 9.17) is 14.7 Å². The number of anilines is 1. The van der Waals surface area contributed by atoms with E-state index in [1.165, 1.54) is 12.8 Å². The third-order valence-corrected chi connectivity index (χ3v) is 5.64. The molecule has 1 fully saturated rings. The number of aromatic amines is 1. The van der Waals surface area contributed by atoms with Gasteiger partial charge in [-0.15, -0.1) is 0 Å². The lowest BCUT2D eigenvalue weighted by Crippen LogP contribution is -2.56. The number of rotatable bonds is 5. The van der Waals surface area contributed by atoms with Crippen molar-refractivity contribution in [1.29, 1.82) is 0 Å². The van der Waals surface area contributed by atoms with Gasteiger partial charge in [0.15, 0.2) is 17.3 Å². The van der Waals surface area contributed by atoms with Crippen LogP contribution >= 0.6 is 0 Å². The van der Waals surface area contributed by atoms with Gasteiger partial charge in [-0.05, 0) is 31.9 Å². The molecule has 0 radical (unpaired) electrons. The van der Waals surface area contributed by atoms with Crippen LogP contribution in [-0.2, 0) is 0 Å². The Balaban J connectivity index is 1.40. The van der Waals surface area contributed by atoms with Crippen LogP contribution in [0.15, 0.2) is 35.3 Å². The fraction of sp³-hybridized carbons (Fsp3) is 0.450. The third kappa shape index (κ3) is 2.80. The Kier molecular flexibility index (Phi) is 4.18. The fourth-order valence-electron chi connectivity index (χ4n) is 4.19. The fourth-order valence-corrected chi connectivity index (χ4v) is 4.19. The van der Waals surface area contributed by atoms with E-state index in [0.717, 1.165) is 24.4 Å². The number of fused-ring (bicyclic) bond motifs is 3. The van der Waals surface area contributed by atoms with Crippen molar-refractivity contribution in [2.45, 2.75) is 44.8 Å². The van der Waals surface area contributed by atoms with Gasteiger partial charge in [0, 0.05) is 12.5 Å². The molecule has 1 unspecified atom stereocenters. The van der Waals surface area contributed by atoms with Gasteiger partial charge in [-0.1, -0.05) is 31.0 Å². The minimum atomic E-state index is -0.431. The largest absolute Gasteiger partial charge is 0.486 e. The van der Waals surface area contributed by atoms with E-state index in [1.807, 2.05) is 42.3 Å². The summed E-state index contributed by atoms with van der Waals surface area (Å²) in [5.41, 5.74) is 3.84. The summed E-state index contributed by atoms with van der Waals surface area (Å²) in [5.74, 6) is 3.38. The topological polar surface area (TPSA) is 85.9 Å². The van der Waals surface area contributed by atoms with Crippen molar-refractivity contribution in [2.75, 3.05) is 18.2 Å². The molecule has 2 N–H and O–H groups in total. The maximum Gasteiger partial charge on any atom is 0.277 e. The summed E-state index contributed by atoms with van der Waals surface area (Å²) < 4.78 is 5.81. The van der Waals surface area contributed by atoms with Crippen LogP contribution in [-0.4, -0.2) is 46.1 Å². The molecule has 0 bridgehead atoms. The van der Waals surface area contributed by atoms with Crippen molar-refractivity contribution in [3.05, 3.63) is 41.9 Å². The summed E-state index contributed by atoms with van der Waals surface area (Å²) in [4.78, 5) is 27.5. The van der Waals surface area contributed by atoms with Crippen molar-refractivity contribution < 1.29 is 9.53 Å². The lowest BCUT2D eigenvalue weighted by molar-refractivity contribution is 0.0667. The number of ether oxygens (including phenoxy) is 1. The second-order valence-corrected chi connectivity index (χ2v) is 7.40. The summed E-state index contributed by atoms with van der Waals surface area (Å²) >= 11 is 0. The number of carbonyl (C=O) groups is 1. The highest BCUT2D eigenvalue weighted by Gasteiger charge is 2.44. The van der Waals surface area contributed by atoms with Gasteiger partial charge in [0.2, 0.25) is 6.29 Å². The number of benzene rings is 1. The van der Waals surface area contributed by atoms with Gasteiger partial charge in [0.05, 0.1) is 0 Å². The van der Waals surface area contributed by atoms with Crippen molar-refractivity contribution in [3.8, 4) is 5.75 Å². The SMILES string of the molecule is CCN1C(=O)c2[nH]c(C3CCCC3)nc2N2NC(COc3ccccc3)=NC12. The van der Waals surface area contributed by atoms with Crippen LogP contribution in [0.1, 0.15) is 54.8 Å². The predicted octanol–water partition coefficient (Wildman–Crippen LogP) is 2.63. The van der Waals surface area contributed by atoms with Gasteiger partial charge < -0.3 is 9.72 Å².